The van der Waals surface area contributed by atoms with Crippen LogP contribution in [0.4, 0.5) is 14.5 Å². The van der Waals surface area contributed by atoms with Gasteiger partial charge >= 0.3 is 0 Å². The van der Waals surface area contributed by atoms with E-state index in [9.17, 15) is 26.8 Å². The van der Waals surface area contributed by atoms with Crippen molar-refractivity contribution in [2.24, 2.45) is 0 Å². The van der Waals surface area contributed by atoms with E-state index in [0.717, 1.165) is 17.9 Å². The van der Waals surface area contributed by atoms with Crippen molar-refractivity contribution in [3.63, 3.8) is 0 Å². The van der Waals surface area contributed by atoms with Crippen LogP contribution in [0.15, 0.2) is 78.9 Å². The number of para-hydroxylation sites is 1. The van der Waals surface area contributed by atoms with Crippen LogP contribution in [0.3, 0.4) is 0 Å². The first kappa shape index (κ1) is 28.8. The number of nitrogens with zero attached hydrogens (tertiary/aromatic N) is 2. The van der Waals surface area contributed by atoms with Crippen molar-refractivity contribution in [3.05, 3.63) is 102 Å². The number of carbonyl (C=O) groups excluding carboxylic acids is 2. The van der Waals surface area contributed by atoms with E-state index >= 15 is 0 Å². The number of hydrogen-bond donors (Lipinski definition) is 1. The zero-order valence-electron chi connectivity index (χ0n) is 21.3. The molecule has 0 aliphatic rings. The molecular formula is C28H31F2N3O4S. The number of hydrogen-bond acceptors (Lipinski definition) is 4. The molecule has 3 aromatic carbocycles. The molecule has 38 heavy (non-hydrogen) atoms. The smallest absolute Gasteiger partial charge is 0.244 e. The zero-order chi connectivity index (χ0) is 27.7. The lowest BCUT2D eigenvalue weighted by Gasteiger charge is -2.33. The molecule has 0 aromatic heterocycles. The molecule has 0 saturated heterocycles. The van der Waals surface area contributed by atoms with Gasteiger partial charge in [0.15, 0.2) is 0 Å². The molecule has 1 N–H and O–H groups in total. The monoisotopic (exact) mass is 543 g/mol. The Hall–Kier alpha value is -3.79. The van der Waals surface area contributed by atoms with E-state index in [1.165, 1.54) is 47.4 Å². The quantitative estimate of drug-likeness (QED) is 0.376. The molecule has 202 valence electrons. The summed E-state index contributed by atoms with van der Waals surface area (Å²) in [5, 5.41) is 2.82. The molecule has 1 atom stereocenters. The fraction of sp³-hybridized carbons (Fsp3) is 0.286. The van der Waals surface area contributed by atoms with Crippen molar-refractivity contribution in [1.29, 1.82) is 0 Å². The van der Waals surface area contributed by atoms with E-state index in [2.05, 4.69) is 5.32 Å². The van der Waals surface area contributed by atoms with Gasteiger partial charge in [0.2, 0.25) is 21.8 Å². The third-order valence-corrected chi connectivity index (χ3v) is 7.01. The van der Waals surface area contributed by atoms with Crippen LogP contribution < -0.4 is 9.62 Å². The maximum absolute atomic E-state index is 14.6. The normalized spacial score (nSPS) is 12.0. The number of sulfonamides is 1. The van der Waals surface area contributed by atoms with E-state index in [1.807, 2.05) is 37.3 Å². The van der Waals surface area contributed by atoms with Gasteiger partial charge in [-0.1, -0.05) is 61.5 Å². The largest absolute Gasteiger partial charge is 0.354 e. The molecule has 0 spiro atoms. The van der Waals surface area contributed by atoms with Crippen molar-refractivity contribution in [2.45, 2.75) is 32.4 Å². The number of amides is 2. The highest BCUT2D eigenvalue weighted by Crippen LogP contribution is 2.23. The molecule has 10 heteroatoms. The van der Waals surface area contributed by atoms with Gasteiger partial charge in [-0.25, -0.2) is 17.2 Å². The zero-order valence-corrected chi connectivity index (χ0v) is 22.1. The molecule has 2 amide bonds. The highest BCUT2D eigenvalue weighted by atomic mass is 32.2. The fourth-order valence-corrected chi connectivity index (χ4v) is 4.81. The Bertz CT molecular complexity index is 1340. The molecule has 0 fully saturated rings. The first-order valence-corrected chi connectivity index (χ1v) is 14.0. The summed E-state index contributed by atoms with van der Waals surface area (Å²) in [6.45, 7) is 1.46. The number of nitrogens with one attached hydrogen (secondary N) is 1. The molecule has 0 bridgehead atoms. The average molecular weight is 544 g/mol. The minimum Gasteiger partial charge on any atom is -0.354 e. The van der Waals surface area contributed by atoms with Crippen molar-refractivity contribution >= 4 is 27.5 Å². The van der Waals surface area contributed by atoms with E-state index in [-0.39, 0.29) is 18.7 Å². The Morgan fingerprint density at radius 2 is 1.53 bits per heavy atom. The number of rotatable bonds is 12. The SMILES string of the molecule is CCCNC(=O)[C@@H](Cc1ccccc1)N(Cc1ccc(F)cc1)C(=O)CN(c1ccccc1F)S(C)(=O)=O. The minimum atomic E-state index is -4.07. The van der Waals surface area contributed by atoms with Gasteiger partial charge < -0.3 is 10.2 Å². The fourth-order valence-electron chi connectivity index (χ4n) is 3.96. The summed E-state index contributed by atoms with van der Waals surface area (Å²) in [7, 11) is -4.07. The van der Waals surface area contributed by atoms with Crippen LogP contribution >= 0.6 is 0 Å². The second-order valence-electron chi connectivity index (χ2n) is 8.87. The third-order valence-electron chi connectivity index (χ3n) is 5.89. The predicted molar refractivity (Wildman–Crippen MR) is 143 cm³/mol. The molecule has 3 aromatic rings. The summed E-state index contributed by atoms with van der Waals surface area (Å²) in [5.74, 6) is -2.40. The molecule has 0 unspecified atom stereocenters. The third kappa shape index (κ3) is 7.85. The summed E-state index contributed by atoms with van der Waals surface area (Å²) in [4.78, 5) is 28.4. The number of halogens is 2. The topological polar surface area (TPSA) is 86.8 Å². The van der Waals surface area contributed by atoms with Gasteiger partial charge in [-0.05, 0) is 41.8 Å². The van der Waals surface area contributed by atoms with Crippen molar-refractivity contribution < 1.29 is 26.8 Å². The Labute approximate surface area is 222 Å². The summed E-state index contributed by atoms with van der Waals surface area (Å²) >= 11 is 0. The van der Waals surface area contributed by atoms with Crippen LogP contribution in [-0.2, 0) is 32.6 Å². The molecule has 0 heterocycles. The van der Waals surface area contributed by atoms with Crippen LogP contribution in [-0.4, -0.2) is 50.5 Å². The average Bonchev–Trinajstić information content (AvgIpc) is 2.89. The predicted octanol–water partition coefficient (Wildman–Crippen LogP) is 3.90. The van der Waals surface area contributed by atoms with Gasteiger partial charge in [0, 0.05) is 19.5 Å². The van der Waals surface area contributed by atoms with E-state index in [1.54, 1.807) is 0 Å². The standard InChI is InChI=1S/C28H31F2N3O4S/c1-3-17-31-28(35)26(18-21-9-5-4-6-10-21)32(19-22-13-15-23(29)16-14-22)27(34)20-33(38(2,36)37)25-12-8-7-11-24(25)30/h4-16,26H,3,17-20H2,1-2H3,(H,31,35)/t26-/m1/s1. The van der Waals surface area contributed by atoms with Crippen LogP contribution in [0, 0.1) is 11.6 Å². The number of carbonyl (C=O) groups is 2. The van der Waals surface area contributed by atoms with E-state index in [0.29, 0.717) is 22.8 Å². The van der Waals surface area contributed by atoms with Gasteiger partial charge in [0.05, 0.1) is 11.9 Å². The van der Waals surface area contributed by atoms with Crippen LogP contribution in [0.2, 0.25) is 0 Å². The van der Waals surface area contributed by atoms with Gasteiger partial charge in [0.25, 0.3) is 0 Å². The maximum Gasteiger partial charge on any atom is 0.244 e. The first-order valence-electron chi connectivity index (χ1n) is 12.2. The van der Waals surface area contributed by atoms with Gasteiger partial charge in [0.1, 0.15) is 24.2 Å². The molecule has 0 radical (unpaired) electrons. The summed E-state index contributed by atoms with van der Waals surface area (Å²) < 4.78 is 54.1. The molecule has 0 saturated carbocycles. The molecular weight excluding hydrogens is 512 g/mol. The van der Waals surface area contributed by atoms with Crippen LogP contribution in [0.1, 0.15) is 24.5 Å². The minimum absolute atomic E-state index is 0.0922. The second kappa shape index (κ2) is 13.1. The van der Waals surface area contributed by atoms with Gasteiger partial charge in [-0.15, -0.1) is 0 Å². The van der Waals surface area contributed by atoms with E-state index in [4.69, 9.17) is 0 Å². The molecule has 0 aliphatic heterocycles. The highest BCUT2D eigenvalue weighted by molar-refractivity contribution is 7.92. The lowest BCUT2D eigenvalue weighted by molar-refractivity contribution is -0.140. The Morgan fingerprint density at radius 3 is 2.13 bits per heavy atom. The molecule has 0 aliphatic carbocycles. The Morgan fingerprint density at radius 1 is 0.895 bits per heavy atom. The lowest BCUT2D eigenvalue weighted by Crippen LogP contribution is -2.53. The lowest BCUT2D eigenvalue weighted by atomic mass is 10.0. The second-order valence-corrected chi connectivity index (χ2v) is 10.8. The Kier molecular flexibility index (Phi) is 9.95. The summed E-state index contributed by atoms with van der Waals surface area (Å²) in [6.07, 6.45) is 1.71. The maximum atomic E-state index is 14.6. The first-order chi connectivity index (χ1) is 18.1. The summed E-state index contributed by atoms with van der Waals surface area (Å²) in [5.41, 5.74) is 1.05. The van der Waals surface area contributed by atoms with Crippen molar-refractivity contribution in [1.82, 2.24) is 10.2 Å². The summed E-state index contributed by atoms with van der Waals surface area (Å²) in [6, 6.07) is 18.8. The van der Waals surface area contributed by atoms with Gasteiger partial charge in [-0.3, -0.25) is 13.9 Å². The van der Waals surface area contributed by atoms with Crippen molar-refractivity contribution in [3.8, 4) is 0 Å². The molecule has 3 rings (SSSR count). The highest BCUT2D eigenvalue weighted by Gasteiger charge is 2.33. The van der Waals surface area contributed by atoms with Gasteiger partial charge in [-0.2, -0.15) is 0 Å². The van der Waals surface area contributed by atoms with Crippen LogP contribution in [0.5, 0.6) is 0 Å². The Balaban J connectivity index is 2.04. The number of benzene rings is 3. The number of anilines is 1. The van der Waals surface area contributed by atoms with Crippen molar-refractivity contribution in [2.75, 3.05) is 23.7 Å². The van der Waals surface area contributed by atoms with Crippen LogP contribution in [0.25, 0.3) is 0 Å². The molecule has 7 nitrogen and oxygen atoms in total. The van der Waals surface area contributed by atoms with E-state index < -0.39 is 46.1 Å².